The number of rotatable bonds is 2. The van der Waals surface area contributed by atoms with Gasteiger partial charge in [0.15, 0.2) is 0 Å². The highest BCUT2D eigenvalue weighted by Gasteiger charge is 2.12. The summed E-state index contributed by atoms with van der Waals surface area (Å²) in [6.07, 6.45) is 3.53. The Hall–Kier alpha value is -4.29. The summed E-state index contributed by atoms with van der Waals surface area (Å²) in [4.78, 5) is 8.99. The molecule has 0 radical (unpaired) electrons. The van der Waals surface area contributed by atoms with Crippen LogP contribution in [0, 0.1) is 11.3 Å². The predicted octanol–water partition coefficient (Wildman–Crippen LogP) is 6.58. The Bertz CT molecular complexity index is 1580. The van der Waals surface area contributed by atoms with E-state index >= 15 is 0 Å². The standard InChI is InChI=1S/C27H15N3/c28-15-17-12-13-29-25(14-17)24-11-8-21(16-30-24)22-9-6-20-5-4-18-2-1-3-19-7-10-23(22)27(20)26(18)19/h1-14,16H. The molecule has 0 atom stereocenters. The minimum atomic E-state index is 0.581. The van der Waals surface area contributed by atoms with Gasteiger partial charge in [-0.25, -0.2) is 0 Å². The second kappa shape index (κ2) is 6.37. The fraction of sp³-hybridized carbons (Fsp3) is 0. The van der Waals surface area contributed by atoms with Crippen LogP contribution in [0.25, 0.3) is 54.8 Å². The highest BCUT2D eigenvalue weighted by molar-refractivity contribution is 6.25. The van der Waals surface area contributed by atoms with Crippen molar-refractivity contribution in [3.05, 3.63) is 96.8 Å². The van der Waals surface area contributed by atoms with Gasteiger partial charge in [-0.1, -0.05) is 60.7 Å². The number of nitrogens with zero attached hydrogens (tertiary/aromatic N) is 3. The first kappa shape index (κ1) is 16.6. The lowest BCUT2D eigenvalue weighted by molar-refractivity contribution is 1.24. The van der Waals surface area contributed by atoms with E-state index < -0.39 is 0 Å². The van der Waals surface area contributed by atoms with Crippen LogP contribution in [0.1, 0.15) is 5.56 Å². The minimum Gasteiger partial charge on any atom is -0.255 e. The minimum absolute atomic E-state index is 0.581. The largest absolute Gasteiger partial charge is 0.255 e. The Morgan fingerprint density at radius 3 is 2.20 bits per heavy atom. The van der Waals surface area contributed by atoms with E-state index in [-0.39, 0.29) is 0 Å². The van der Waals surface area contributed by atoms with Crippen LogP contribution < -0.4 is 0 Å². The molecule has 0 spiro atoms. The molecule has 30 heavy (non-hydrogen) atoms. The molecule has 0 aliphatic rings. The van der Waals surface area contributed by atoms with E-state index in [1.54, 1.807) is 18.3 Å². The van der Waals surface area contributed by atoms with Gasteiger partial charge >= 0.3 is 0 Å². The summed E-state index contributed by atoms with van der Waals surface area (Å²) in [5.74, 6) is 0. The topological polar surface area (TPSA) is 49.6 Å². The van der Waals surface area contributed by atoms with E-state index in [2.05, 4.69) is 76.7 Å². The molecule has 0 aliphatic carbocycles. The van der Waals surface area contributed by atoms with E-state index in [4.69, 9.17) is 5.26 Å². The molecule has 138 valence electrons. The molecule has 3 nitrogen and oxygen atoms in total. The van der Waals surface area contributed by atoms with Crippen molar-refractivity contribution in [3.63, 3.8) is 0 Å². The number of benzene rings is 4. The predicted molar refractivity (Wildman–Crippen MR) is 121 cm³/mol. The van der Waals surface area contributed by atoms with Gasteiger partial charge in [0.1, 0.15) is 0 Å². The molecule has 4 aromatic carbocycles. The average molecular weight is 381 g/mol. The quantitative estimate of drug-likeness (QED) is 0.318. The molecule has 0 N–H and O–H groups in total. The van der Waals surface area contributed by atoms with Crippen LogP contribution in [0.4, 0.5) is 0 Å². The molecule has 2 heterocycles. The third-order valence-corrected chi connectivity index (χ3v) is 5.75. The zero-order valence-electron chi connectivity index (χ0n) is 16.0. The molecule has 0 saturated carbocycles. The van der Waals surface area contributed by atoms with Crippen LogP contribution in [-0.2, 0) is 0 Å². The maximum Gasteiger partial charge on any atom is 0.0992 e. The van der Waals surface area contributed by atoms with E-state index in [0.717, 1.165) is 11.3 Å². The van der Waals surface area contributed by atoms with Crippen molar-refractivity contribution in [1.82, 2.24) is 9.97 Å². The van der Waals surface area contributed by atoms with E-state index in [0.29, 0.717) is 11.3 Å². The van der Waals surface area contributed by atoms with Crippen LogP contribution >= 0.6 is 0 Å². The number of hydrogen-bond donors (Lipinski definition) is 0. The maximum atomic E-state index is 9.12. The third-order valence-electron chi connectivity index (χ3n) is 5.75. The molecule has 2 aromatic heterocycles. The normalized spacial score (nSPS) is 11.3. The van der Waals surface area contributed by atoms with Crippen molar-refractivity contribution in [3.8, 4) is 28.6 Å². The van der Waals surface area contributed by atoms with Crippen LogP contribution in [0.5, 0.6) is 0 Å². The summed E-state index contributed by atoms with van der Waals surface area (Å²) in [6.45, 7) is 0. The van der Waals surface area contributed by atoms with Gasteiger partial charge in [0.05, 0.1) is 23.0 Å². The number of nitriles is 1. The average Bonchev–Trinajstić information content (AvgIpc) is 2.82. The molecule has 0 saturated heterocycles. The van der Waals surface area contributed by atoms with Gasteiger partial charge in [-0.3, -0.25) is 9.97 Å². The molecule has 0 amide bonds. The molecule has 6 aromatic rings. The number of aromatic nitrogens is 2. The van der Waals surface area contributed by atoms with Gasteiger partial charge in [-0.15, -0.1) is 0 Å². The zero-order chi connectivity index (χ0) is 20.1. The Kier molecular flexibility index (Phi) is 3.53. The monoisotopic (exact) mass is 381 g/mol. The SMILES string of the molecule is N#Cc1ccnc(-c2ccc(-c3ccc4ccc5cccc6ccc3c4c56)cn2)c1. The van der Waals surface area contributed by atoms with Crippen LogP contribution in [0.2, 0.25) is 0 Å². The lowest BCUT2D eigenvalue weighted by Gasteiger charge is -2.14. The van der Waals surface area contributed by atoms with Crippen molar-refractivity contribution >= 4 is 32.3 Å². The van der Waals surface area contributed by atoms with E-state index in [1.165, 1.54) is 37.9 Å². The second-order valence-electron chi connectivity index (χ2n) is 7.44. The van der Waals surface area contributed by atoms with Crippen molar-refractivity contribution in [1.29, 1.82) is 5.26 Å². The Balaban J connectivity index is 1.53. The Morgan fingerprint density at radius 1 is 0.667 bits per heavy atom. The highest BCUT2D eigenvalue weighted by Crippen LogP contribution is 2.39. The van der Waals surface area contributed by atoms with Gasteiger partial charge in [0.25, 0.3) is 0 Å². The second-order valence-corrected chi connectivity index (χ2v) is 7.44. The van der Waals surface area contributed by atoms with Gasteiger partial charge in [-0.2, -0.15) is 5.26 Å². The molecule has 0 bridgehead atoms. The smallest absolute Gasteiger partial charge is 0.0992 e. The van der Waals surface area contributed by atoms with E-state index in [1.807, 2.05) is 12.3 Å². The first-order chi connectivity index (χ1) is 14.8. The van der Waals surface area contributed by atoms with Crippen molar-refractivity contribution in [2.24, 2.45) is 0 Å². The number of hydrogen-bond acceptors (Lipinski definition) is 3. The third kappa shape index (κ3) is 2.45. The summed E-state index contributed by atoms with van der Waals surface area (Å²) in [5, 5.41) is 16.7. The molecule has 0 unspecified atom stereocenters. The maximum absolute atomic E-state index is 9.12. The van der Waals surface area contributed by atoms with Crippen LogP contribution in [0.3, 0.4) is 0 Å². The highest BCUT2D eigenvalue weighted by atomic mass is 14.8. The van der Waals surface area contributed by atoms with Gasteiger partial charge in [0, 0.05) is 18.0 Å². The van der Waals surface area contributed by atoms with Crippen molar-refractivity contribution in [2.75, 3.05) is 0 Å². The number of pyridine rings is 2. The van der Waals surface area contributed by atoms with Gasteiger partial charge in [-0.05, 0) is 56.1 Å². The van der Waals surface area contributed by atoms with Crippen molar-refractivity contribution in [2.45, 2.75) is 0 Å². The van der Waals surface area contributed by atoms with Crippen LogP contribution in [0.15, 0.2) is 91.3 Å². The summed E-state index contributed by atoms with van der Waals surface area (Å²) in [7, 11) is 0. The molecular weight excluding hydrogens is 366 g/mol. The Labute approximate surface area is 173 Å². The van der Waals surface area contributed by atoms with Gasteiger partial charge < -0.3 is 0 Å². The van der Waals surface area contributed by atoms with Crippen molar-refractivity contribution < 1.29 is 0 Å². The summed E-state index contributed by atoms with van der Waals surface area (Å²) >= 11 is 0. The zero-order valence-corrected chi connectivity index (χ0v) is 16.0. The lowest BCUT2D eigenvalue weighted by atomic mass is 9.90. The summed E-state index contributed by atoms with van der Waals surface area (Å²) < 4.78 is 0. The molecular formula is C27H15N3. The summed E-state index contributed by atoms with van der Waals surface area (Å²) in [5.41, 5.74) is 4.27. The first-order valence-electron chi connectivity index (χ1n) is 9.81. The van der Waals surface area contributed by atoms with E-state index in [9.17, 15) is 0 Å². The molecule has 0 aliphatic heterocycles. The first-order valence-corrected chi connectivity index (χ1v) is 9.81. The molecule has 0 fully saturated rings. The Morgan fingerprint density at radius 2 is 1.43 bits per heavy atom. The van der Waals surface area contributed by atoms with Gasteiger partial charge in [0.2, 0.25) is 0 Å². The fourth-order valence-electron chi connectivity index (χ4n) is 4.33. The molecule has 3 heteroatoms. The molecule has 6 rings (SSSR count). The lowest BCUT2D eigenvalue weighted by Crippen LogP contribution is -1.90. The van der Waals surface area contributed by atoms with Crippen LogP contribution in [-0.4, -0.2) is 9.97 Å². The fourth-order valence-corrected chi connectivity index (χ4v) is 4.33. The summed E-state index contributed by atoms with van der Waals surface area (Å²) in [6, 6.07) is 29.3.